The van der Waals surface area contributed by atoms with Gasteiger partial charge in [0.25, 0.3) is 0 Å². The first-order valence-electron chi connectivity index (χ1n) is 6.55. The van der Waals surface area contributed by atoms with Crippen molar-refractivity contribution in [2.24, 2.45) is 0 Å². The fourth-order valence-corrected chi connectivity index (χ4v) is 8.24. The van der Waals surface area contributed by atoms with Gasteiger partial charge in [0, 0.05) is 4.90 Å². The first kappa shape index (κ1) is 17.3. The number of rotatable bonds is 2. The van der Waals surface area contributed by atoms with E-state index in [1.807, 2.05) is 0 Å². The lowest BCUT2D eigenvalue weighted by molar-refractivity contribution is 0.237. The third-order valence-electron chi connectivity index (χ3n) is 3.23. The lowest BCUT2D eigenvalue weighted by Gasteiger charge is -2.26. The number of sulfone groups is 1. The maximum absolute atomic E-state index is 12.8. The van der Waals surface area contributed by atoms with Gasteiger partial charge in [0.1, 0.15) is 0 Å². The largest absolute Gasteiger partial charge is 0.290 e. The van der Waals surface area contributed by atoms with E-state index < -0.39 is 52.1 Å². The van der Waals surface area contributed by atoms with Gasteiger partial charge in [0.05, 0.1) is 27.0 Å². The van der Waals surface area contributed by atoms with Gasteiger partial charge >= 0.3 is 0 Å². The Hall–Kier alpha value is -1.53. The summed E-state index contributed by atoms with van der Waals surface area (Å²) in [5.74, 6) is 0. The van der Waals surface area contributed by atoms with Crippen LogP contribution in [0.1, 0.15) is 0 Å². The molecule has 1 fully saturated rings. The Labute approximate surface area is 139 Å². The van der Waals surface area contributed by atoms with Crippen molar-refractivity contribution in [1.29, 1.82) is 0 Å². The van der Waals surface area contributed by atoms with Crippen molar-refractivity contribution in [3.63, 3.8) is 0 Å². The molecule has 11 heteroatoms. The highest BCUT2D eigenvalue weighted by atomic mass is 32.3. The summed E-state index contributed by atoms with van der Waals surface area (Å²) >= 11 is 0. The van der Waals surface area contributed by atoms with Crippen molar-refractivity contribution >= 4 is 40.8 Å². The van der Waals surface area contributed by atoms with Crippen LogP contribution in [0, 0.1) is 3.91 Å². The van der Waals surface area contributed by atoms with Crippen LogP contribution in [-0.2, 0) is 38.4 Å². The van der Waals surface area contributed by atoms with E-state index >= 15 is 0 Å². The van der Waals surface area contributed by atoms with E-state index in [0.717, 1.165) is 6.07 Å². The van der Waals surface area contributed by atoms with Crippen LogP contribution < -0.4 is 0 Å². The topological polar surface area (TPSA) is 121 Å². The Bertz CT molecular complexity index is 1060. The van der Waals surface area contributed by atoms with Gasteiger partial charge in [-0.1, -0.05) is 36.4 Å². The van der Waals surface area contributed by atoms with Gasteiger partial charge < -0.3 is 0 Å². The summed E-state index contributed by atoms with van der Waals surface area (Å²) in [7, 11) is -15.0. The summed E-state index contributed by atoms with van der Waals surface area (Å²) < 4.78 is 81.0. The zero-order valence-electron chi connectivity index (χ0n) is 11.9. The Morgan fingerprint density at radius 3 is 2.00 bits per heavy atom. The van der Waals surface area contributed by atoms with Crippen LogP contribution >= 0.6 is 0 Å². The van der Waals surface area contributed by atoms with Gasteiger partial charge in [-0.15, -0.1) is 0 Å². The Morgan fingerprint density at radius 1 is 0.833 bits per heavy atom. The molecule has 0 aliphatic carbocycles. The predicted octanol–water partition coefficient (Wildman–Crippen LogP) is 0.767. The van der Waals surface area contributed by atoms with E-state index in [0.29, 0.717) is 5.39 Å². The molecule has 0 bridgehead atoms. The maximum Gasteiger partial charge on any atom is 0.170 e. The molecule has 0 spiro atoms. The Morgan fingerprint density at radius 2 is 1.38 bits per heavy atom. The molecule has 3 rings (SSSR count). The third-order valence-corrected chi connectivity index (χ3v) is 10.1. The summed E-state index contributed by atoms with van der Waals surface area (Å²) in [4.78, 5) is -0.461. The molecule has 0 radical (unpaired) electrons. The fourth-order valence-electron chi connectivity index (χ4n) is 2.30. The summed E-state index contributed by atoms with van der Waals surface area (Å²) in [5, 5.41) is 0.687. The first-order chi connectivity index (χ1) is 11.2. The molecule has 0 N–H and O–H groups in total. The standard InChI is InChI=1S/C13H11O8S3/c14-22(15,12-7-3-5-10-4-1-2-6-11(10)12)13-23(16,17)20-8-9-21-24(13,18)19/h1-7H,8-9H2/q-1. The number of hydrogen-bond acceptors (Lipinski definition) is 8. The molecule has 0 saturated carbocycles. The third kappa shape index (κ3) is 2.82. The summed E-state index contributed by atoms with van der Waals surface area (Å²) in [5.41, 5.74) is 0. The molecule has 1 saturated heterocycles. The van der Waals surface area contributed by atoms with Crippen LogP contribution in [0.2, 0.25) is 0 Å². The van der Waals surface area contributed by atoms with Crippen LogP contribution in [0.15, 0.2) is 47.4 Å². The SMILES string of the molecule is O=S1(=O)OCCOS(=O)(=O)[C-]1S(=O)(=O)c1cccc2ccccc12. The molecule has 0 unspecified atom stereocenters. The van der Waals surface area contributed by atoms with E-state index in [9.17, 15) is 25.3 Å². The van der Waals surface area contributed by atoms with Gasteiger partial charge in [-0.05, 0) is 16.8 Å². The smallest absolute Gasteiger partial charge is 0.170 e. The quantitative estimate of drug-likeness (QED) is 0.543. The number of benzene rings is 2. The van der Waals surface area contributed by atoms with E-state index in [1.165, 1.54) is 12.1 Å². The molecule has 2 aromatic rings. The minimum Gasteiger partial charge on any atom is -0.290 e. The zero-order chi connectivity index (χ0) is 17.6. The number of fused-ring (bicyclic) bond motifs is 1. The molecule has 1 heterocycles. The molecular weight excluding hydrogens is 380 g/mol. The van der Waals surface area contributed by atoms with Crippen molar-refractivity contribution in [2.45, 2.75) is 4.90 Å². The van der Waals surface area contributed by atoms with Gasteiger partial charge in [-0.3, -0.25) is 16.8 Å². The van der Waals surface area contributed by atoms with E-state index in [4.69, 9.17) is 0 Å². The van der Waals surface area contributed by atoms with Gasteiger partial charge in [-0.2, -0.15) is 0 Å². The molecule has 8 nitrogen and oxygen atoms in total. The summed E-state index contributed by atoms with van der Waals surface area (Å²) in [6, 6.07) is 10.4. The molecule has 0 atom stereocenters. The van der Waals surface area contributed by atoms with Crippen molar-refractivity contribution in [2.75, 3.05) is 13.2 Å². The van der Waals surface area contributed by atoms with Gasteiger partial charge in [0.15, 0.2) is 20.2 Å². The second kappa shape index (κ2) is 5.77. The van der Waals surface area contributed by atoms with Crippen LogP contribution in [-0.4, -0.2) is 38.5 Å². The molecular formula is C13H11O8S3-. The molecule has 24 heavy (non-hydrogen) atoms. The molecule has 1 aliphatic rings. The van der Waals surface area contributed by atoms with Crippen LogP contribution in [0.5, 0.6) is 0 Å². The molecule has 1 aliphatic heterocycles. The second-order valence-corrected chi connectivity index (χ2v) is 10.5. The maximum atomic E-state index is 12.8. The average Bonchev–Trinajstić information content (AvgIpc) is 2.61. The molecule has 0 amide bonds. The average molecular weight is 391 g/mol. The minimum absolute atomic E-state index is 0.183. The zero-order valence-corrected chi connectivity index (χ0v) is 14.4. The molecule has 130 valence electrons. The summed E-state index contributed by atoms with van der Waals surface area (Å²) in [6.45, 7) is -1.20. The van der Waals surface area contributed by atoms with Gasteiger partial charge in [0.2, 0.25) is 0 Å². The Kier molecular flexibility index (Phi) is 4.16. The monoisotopic (exact) mass is 391 g/mol. The van der Waals surface area contributed by atoms with Crippen molar-refractivity contribution in [3.8, 4) is 0 Å². The highest BCUT2D eigenvalue weighted by Crippen LogP contribution is 2.37. The normalized spacial score (nSPS) is 21.3. The summed E-state index contributed by atoms with van der Waals surface area (Å²) in [6.07, 6.45) is 0. The van der Waals surface area contributed by atoms with Gasteiger partial charge in [-0.25, -0.2) is 16.8 Å². The highest BCUT2D eigenvalue weighted by Gasteiger charge is 2.40. The lowest BCUT2D eigenvalue weighted by Crippen LogP contribution is -2.30. The highest BCUT2D eigenvalue weighted by molar-refractivity contribution is 8.26. The number of hydrogen-bond donors (Lipinski definition) is 0. The fraction of sp³-hybridized carbons (Fsp3) is 0.154. The van der Waals surface area contributed by atoms with Crippen LogP contribution in [0.25, 0.3) is 10.8 Å². The lowest BCUT2D eigenvalue weighted by atomic mass is 10.1. The van der Waals surface area contributed by atoms with Crippen LogP contribution in [0.4, 0.5) is 0 Å². The van der Waals surface area contributed by atoms with Crippen molar-refractivity contribution in [1.82, 2.24) is 0 Å². The Balaban J connectivity index is 2.33. The van der Waals surface area contributed by atoms with Crippen molar-refractivity contribution < 1.29 is 33.6 Å². The van der Waals surface area contributed by atoms with E-state index in [1.54, 1.807) is 24.3 Å². The van der Waals surface area contributed by atoms with Crippen LogP contribution in [0.3, 0.4) is 0 Å². The first-order valence-corrected chi connectivity index (χ1v) is 10.8. The van der Waals surface area contributed by atoms with Crippen molar-refractivity contribution in [3.05, 3.63) is 46.4 Å². The van der Waals surface area contributed by atoms with E-state index in [-0.39, 0.29) is 5.39 Å². The second-order valence-electron chi connectivity index (χ2n) is 4.78. The molecule has 2 aromatic carbocycles. The minimum atomic E-state index is -5.03. The molecule has 0 aromatic heterocycles. The van der Waals surface area contributed by atoms with E-state index in [2.05, 4.69) is 8.37 Å². The predicted molar refractivity (Wildman–Crippen MR) is 84.1 cm³/mol.